The second kappa shape index (κ2) is 5.05. The number of fused-ring (bicyclic) bond motifs is 1. The summed E-state index contributed by atoms with van der Waals surface area (Å²) in [5.74, 6) is -0.540. The van der Waals surface area contributed by atoms with Gasteiger partial charge in [-0.3, -0.25) is 9.59 Å². The Balaban J connectivity index is 2.07. The van der Waals surface area contributed by atoms with Gasteiger partial charge < -0.3 is 5.32 Å². The van der Waals surface area contributed by atoms with Crippen molar-refractivity contribution in [3.05, 3.63) is 59.7 Å². The van der Waals surface area contributed by atoms with Crippen molar-refractivity contribution in [3.8, 4) is 0 Å². The Bertz CT molecular complexity index is 687. The van der Waals surface area contributed by atoms with Crippen molar-refractivity contribution in [1.29, 1.82) is 0 Å². The van der Waals surface area contributed by atoms with E-state index in [9.17, 15) is 9.59 Å². The summed E-state index contributed by atoms with van der Waals surface area (Å²) in [5, 5.41) is 3.27. The van der Waals surface area contributed by atoms with Crippen LogP contribution < -0.4 is 10.2 Å². The molecule has 21 heavy (non-hydrogen) atoms. The topological polar surface area (TPSA) is 49.4 Å². The van der Waals surface area contributed by atoms with Crippen molar-refractivity contribution >= 4 is 23.2 Å². The molecule has 0 unspecified atom stereocenters. The van der Waals surface area contributed by atoms with Crippen molar-refractivity contribution in [3.63, 3.8) is 0 Å². The van der Waals surface area contributed by atoms with Gasteiger partial charge in [-0.25, -0.2) is 4.90 Å². The minimum absolute atomic E-state index is 0.210. The van der Waals surface area contributed by atoms with Crippen LogP contribution in [0.3, 0.4) is 0 Å². The molecule has 3 rings (SSSR count). The monoisotopic (exact) mass is 280 g/mol. The van der Waals surface area contributed by atoms with E-state index in [1.54, 1.807) is 30.3 Å². The van der Waals surface area contributed by atoms with Gasteiger partial charge in [0.2, 0.25) is 0 Å². The highest BCUT2D eigenvalue weighted by atomic mass is 16.2. The van der Waals surface area contributed by atoms with E-state index in [1.165, 1.54) is 4.90 Å². The molecule has 0 aliphatic carbocycles. The van der Waals surface area contributed by atoms with E-state index in [-0.39, 0.29) is 17.9 Å². The van der Waals surface area contributed by atoms with Gasteiger partial charge in [0.05, 0.1) is 22.5 Å². The number of amides is 2. The maximum Gasteiger partial charge on any atom is 0.266 e. The van der Waals surface area contributed by atoms with Crippen molar-refractivity contribution in [2.45, 2.75) is 19.9 Å². The summed E-state index contributed by atoms with van der Waals surface area (Å²) in [6.07, 6.45) is 0. The van der Waals surface area contributed by atoms with Crippen molar-refractivity contribution in [1.82, 2.24) is 0 Å². The first kappa shape index (κ1) is 13.4. The Morgan fingerprint density at radius 3 is 1.95 bits per heavy atom. The lowest BCUT2D eigenvalue weighted by Crippen LogP contribution is -2.30. The Kier molecular flexibility index (Phi) is 3.22. The fraction of sp³-hybridized carbons (Fsp3) is 0.176. The Hall–Kier alpha value is -2.62. The number of carbonyl (C=O) groups excluding carboxylic acids is 2. The normalized spacial score (nSPS) is 13.8. The Labute approximate surface area is 123 Å². The van der Waals surface area contributed by atoms with Gasteiger partial charge in [0.1, 0.15) is 0 Å². The number of hydrogen-bond donors (Lipinski definition) is 1. The van der Waals surface area contributed by atoms with Crippen LogP contribution in [-0.4, -0.2) is 17.9 Å². The summed E-state index contributed by atoms with van der Waals surface area (Å²) in [4.78, 5) is 26.3. The van der Waals surface area contributed by atoms with Gasteiger partial charge in [-0.2, -0.15) is 0 Å². The number of nitrogens with one attached hydrogen (secondary N) is 1. The van der Waals surface area contributed by atoms with Crippen molar-refractivity contribution in [2.24, 2.45) is 0 Å². The third-order valence-electron chi connectivity index (χ3n) is 3.38. The van der Waals surface area contributed by atoms with E-state index in [0.717, 1.165) is 5.69 Å². The van der Waals surface area contributed by atoms with E-state index < -0.39 is 0 Å². The SMILES string of the molecule is CC(C)Nc1ccccc1N1C(=O)c2ccccc2C1=O. The Morgan fingerprint density at radius 2 is 1.38 bits per heavy atom. The molecule has 0 bridgehead atoms. The smallest absolute Gasteiger partial charge is 0.266 e. The third-order valence-corrected chi connectivity index (χ3v) is 3.38. The average molecular weight is 280 g/mol. The molecule has 2 aromatic carbocycles. The van der Waals surface area contributed by atoms with Gasteiger partial charge in [0, 0.05) is 6.04 Å². The van der Waals surface area contributed by atoms with E-state index >= 15 is 0 Å². The molecule has 0 fully saturated rings. The maximum absolute atomic E-state index is 12.5. The van der Waals surface area contributed by atoms with Crippen LogP contribution in [0.5, 0.6) is 0 Å². The zero-order valence-electron chi connectivity index (χ0n) is 12.0. The number of imide groups is 1. The first-order chi connectivity index (χ1) is 10.1. The van der Waals surface area contributed by atoms with E-state index in [0.29, 0.717) is 16.8 Å². The number of para-hydroxylation sites is 2. The van der Waals surface area contributed by atoms with Gasteiger partial charge in [0.25, 0.3) is 11.8 Å². The predicted molar refractivity (Wildman–Crippen MR) is 82.8 cm³/mol. The highest BCUT2D eigenvalue weighted by Crippen LogP contribution is 2.33. The first-order valence-electron chi connectivity index (χ1n) is 6.93. The maximum atomic E-state index is 12.5. The molecule has 1 heterocycles. The van der Waals surface area contributed by atoms with E-state index in [1.807, 2.05) is 32.0 Å². The number of nitrogens with zero attached hydrogens (tertiary/aromatic N) is 1. The summed E-state index contributed by atoms with van der Waals surface area (Å²) in [5.41, 5.74) is 2.29. The van der Waals surface area contributed by atoms with Crippen LogP contribution in [0.1, 0.15) is 34.6 Å². The number of rotatable bonds is 3. The van der Waals surface area contributed by atoms with Crippen LogP contribution in [0.15, 0.2) is 48.5 Å². The predicted octanol–water partition coefficient (Wildman–Crippen LogP) is 3.31. The summed E-state index contributed by atoms with van der Waals surface area (Å²) in [7, 11) is 0. The molecule has 4 heteroatoms. The van der Waals surface area contributed by atoms with Crippen LogP contribution in [0.25, 0.3) is 0 Å². The molecule has 1 aliphatic heterocycles. The fourth-order valence-electron chi connectivity index (χ4n) is 2.51. The molecule has 0 spiro atoms. The lowest BCUT2D eigenvalue weighted by molar-refractivity contribution is 0.0926. The third kappa shape index (κ3) is 2.18. The van der Waals surface area contributed by atoms with Gasteiger partial charge in [-0.1, -0.05) is 24.3 Å². The lowest BCUT2D eigenvalue weighted by Gasteiger charge is -2.20. The molecule has 2 amide bonds. The molecule has 106 valence electrons. The number of anilines is 2. The van der Waals surface area contributed by atoms with E-state index in [2.05, 4.69) is 5.32 Å². The van der Waals surface area contributed by atoms with Crippen LogP contribution >= 0.6 is 0 Å². The minimum atomic E-state index is -0.270. The van der Waals surface area contributed by atoms with Crippen molar-refractivity contribution in [2.75, 3.05) is 10.2 Å². The molecule has 1 aliphatic rings. The molecule has 0 aromatic heterocycles. The lowest BCUT2D eigenvalue weighted by atomic mass is 10.1. The molecule has 2 aromatic rings. The standard InChI is InChI=1S/C17H16N2O2/c1-11(2)18-14-9-5-6-10-15(14)19-16(20)12-7-3-4-8-13(12)17(19)21/h3-11,18H,1-2H3. The summed E-state index contributed by atoms with van der Waals surface area (Å²) in [6.45, 7) is 4.03. The molecule has 1 N–H and O–H groups in total. The average Bonchev–Trinajstić information content (AvgIpc) is 2.72. The molecule has 0 radical (unpaired) electrons. The highest BCUT2D eigenvalue weighted by Gasteiger charge is 2.37. The second-order valence-corrected chi connectivity index (χ2v) is 5.31. The summed E-state index contributed by atoms with van der Waals surface area (Å²) < 4.78 is 0. The van der Waals surface area contributed by atoms with Gasteiger partial charge in [-0.05, 0) is 38.1 Å². The number of carbonyl (C=O) groups is 2. The summed E-state index contributed by atoms with van der Waals surface area (Å²) >= 11 is 0. The number of benzene rings is 2. The minimum Gasteiger partial charge on any atom is -0.381 e. The quantitative estimate of drug-likeness (QED) is 0.877. The molecular weight excluding hydrogens is 264 g/mol. The zero-order chi connectivity index (χ0) is 15.0. The first-order valence-corrected chi connectivity index (χ1v) is 6.93. The molecule has 4 nitrogen and oxygen atoms in total. The highest BCUT2D eigenvalue weighted by molar-refractivity contribution is 6.35. The fourth-order valence-corrected chi connectivity index (χ4v) is 2.51. The van der Waals surface area contributed by atoms with Gasteiger partial charge in [0.15, 0.2) is 0 Å². The van der Waals surface area contributed by atoms with Crippen LogP contribution in [0.4, 0.5) is 11.4 Å². The largest absolute Gasteiger partial charge is 0.381 e. The van der Waals surface area contributed by atoms with Crippen LogP contribution in [-0.2, 0) is 0 Å². The molecule has 0 saturated heterocycles. The summed E-state index contributed by atoms with van der Waals surface area (Å²) in [6, 6.07) is 14.5. The molecule has 0 atom stereocenters. The molecular formula is C17H16N2O2. The van der Waals surface area contributed by atoms with Crippen LogP contribution in [0.2, 0.25) is 0 Å². The van der Waals surface area contributed by atoms with Crippen LogP contribution in [0, 0.1) is 0 Å². The second-order valence-electron chi connectivity index (χ2n) is 5.31. The van der Waals surface area contributed by atoms with Crippen molar-refractivity contribution < 1.29 is 9.59 Å². The number of hydrogen-bond acceptors (Lipinski definition) is 3. The van der Waals surface area contributed by atoms with Gasteiger partial charge in [-0.15, -0.1) is 0 Å². The van der Waals surface area contributed by atoms with Gasteiger partial charge >= 0.3 is 0 Å². The Morgan fingerprint density at radius 1 is 0.857 bits per heavy atom. The molecule has 0 saturated carbocycles. The zero-order valence-corrected chi connectivity index (χ0v) is 12.0. The van der Waals surface area contributed by atoms with E-state index in [4.69, 9.17) is 0 Å².